The predicted molar refractivity (Wildman–Crippen MR) is 70.3 cm³/mol. The summed E-state index contributed by atoms with van der Waals surface area (Å²) in [4.78, 5) is 15.9. The molecule has 5 nitrogen and oxygen atoms in total. The minimum absolute atomic E-state index is 0.313. The third kappa shape index (κ3) is 3.10. The lowest BCUT2D eigenvalue weighted by atomic mass is 9.90. The van der Waals surface area contributed by atoms with Gasteiger partial charge in [0.15, 0.2) is 0 Å². The highest BCUT2D eigenvalue weighted by molar-refractivity contribution is 5.87. The summed E-state index contributed by atoms with van der Waals surface area (Å²) in [7, 11) is 0. The summed E-state index contributed by atoms with van der Waals surface area (Å²) in [5, 5.41) is 0. The van der Waals surface area contributed by atoms with Gasteiger partial charge in [-0.15, -0.1) is 0 Å². The van der Waals surface area contributed by atoms with Crippen LogP contribution in [0.15, 0.2) is 12.5 Å². The average molecular weight is 253 g/mol. The van der Waals surface area contributed by atoms with Crippen molar-refractivity contribution in [3.05, 3.63) is 18.2 Å². The van der Waals surface area contributed by atoms with E-state index in [1.54, 1.807) is 13.3 Å². The monoisotopic (exact) mass is 253 g/mol. The van der Waals surface area contributed by atoms with Crippen LogP contribution in [0.4, 0.5) is 0 Å². The number of carbonyl (C=O) groups excluding carboxylic acids is 1. The maximum atomic E-state index is 11.9. The Balaban J connectivity index is 3.07. The summed E-state index contributed by atoms with van der Waals surface area (Å²) >= 11 is 0. The zero-order valence-corrected chi connectivity index (χ0v) is 11.6. The van der Waals surface area contributed by atoms with Crippen LogP contribution in [0.2, 0.25) is 0 Å². The first-order chi connectivity index (χ1) is 8.44. The molecule has 18 heavy (non-hydrogen) atoms. The highest BCUT2D eigenvalue weighted by Gasteiger charge is 2.30. The van der Waals surface area contributed by atoms with E-state index < -0.39 is 0 Å². The highest BCUT2D eigenvalue weighted by atomic mass is 16.5. The van der Waals surface area contributed by atoms with Gasteiger partial charge in [-0.1, -0.05) is 13.8 Å². The summed E-state index contributed by atoms with van der Waals surface area (Å²) in [5.74, 6) is 0.134. The highest BCUT2D eigenvalue weighted by Crippen LogP contribution is 2.25. The van der Waals surface area contributed by atoms with Gasteiger partial charge in [-0.3, -0.25) is 0 Å². The van der Waals surface area contributed by atoms with Crippen LogP contribution < -0.4 is 5.73 Å². The van der Waals surface area contributed by atoms with Gasteiger partial charge >= 0.3 is 5.97 Å². The Labute approximate surface area is 108 Å². The lowest BCUT2D eigenvalue weighted by Gasteiger charge is -2.32. The van der Waals surface area contributed by atoms with Gasteiger partial charge in [0.05, 0.1) is 24.7 Å². The number of nitrogens with zero attached hydrogens (tertiary/aromatic N) is 2. The van der Waals surface area contributed by atoms with Crippen LogP contribution in [0, 0.1) is 5.92 Å². The van der Waals surface area contributed by atoms with Gasteiger partial charge < -0.3 is 15.0 Å². The number of rotatable bonds is 6. The van der Waals surface area contributed by atoms with Crippen LogP contribution in [0.3, 0.4) is 0 Å². The summed E-state index contributed by atoms with van der Waals surface area (Å²) in [6.07, 6.45) is 4.07. The number of ether oxygens (including phenoxy) is 1. The molecule has 1 aromatic rings. The zero-order valence-electron chi connectivity index (χ0n) is 11.6. The average Bonchev–Trinajstić information content (AvgIpc) is 2.77. The molecule has 0 saturated heterocycles. The van der Waals surface area contributed by atoms with Crippen molar-refractivity contribution in [2.75, 3.05) is 13.2 Å². The van der Waals surface area contributed by atoms with Crippen LogP contribution >= 0.6 is 0 Å². The number of hydrogen-bond donors (Lipinski definition) is 1. The summed E-state index contributed by atoms with van der Waals surface area (Å²) in [6.45, 7) is 8.90. The third-order valence-corrected chi connectivity index (χ3v) is 2.99. The molecular weight excluding hydrogens is 230 g/mol. The SMILES string of the molecule is CCOC(=O)c1cncn1C(C)(CN)CC(C)C. The predicted octanol–water partition coefficient (Wildman–Crippen LogP) is 1.78. The maximum absolute atomic E-state index is 11.9. The molecule has 0 spiro atoms. The third-order valence-electron chi connectivity index (χ3n) is 2.99. The number of aromatic nitrogens is 2. The van der Waals surface area contributed by atoms with E-state index in [4.69, 9.17) is 10.5 Å². The zero-order chi connectivity index (χ0) is 13.8. The molecule has 1 heterocycles. The molecule has 1 atom stereocenters. The van der Waals surface area contributed by atoms with Gasteiger partial charge in [-0.25, -0.2) is 9.78 Å². The lowest BCUT2D eigenvalue weighted by molar-refractivity contribution is 0.0503. The van der Waals surface area contributed by atoms with Crippen molar-refractivity contribution < 1.29 is 9.53 Å². The van der Waals surface area contributed by atoms with Crippen molar-refractivity contribution >= 4 is 5.97 Å². The maximum Gasteiger partial charge on any atom is 0.356 e. The smallest absolute Gasteiger partial charge is 0.356 e. The van der Waals surface area contributed by atoms with E-state index in [0.29, 0.717) is 24.8 Å². The van der Waals surface area contributed by atoms with E-state index in [2.05, 4.69) is 18.8 Å². The second-order valence-corrected chi connectivity index (χ2v) is 5.17. The van der Waals surface area contributed by atoms with E-state index in [-0.39, 0.29) is 11.5 Å². The van der Waals surface area contributed by atoms with Gasteiger partial charge in [0.2, 0.25) is 0 Å². The van der Waals surface area contributed by atoms with Gasteiger partial charge in [0, 0.05) is 6.54 Å². The largest absolute Gasteiger partial charge is 0.461 e. The van der Waals surface area contributed by atoms with Crippen LogP contribution in [-0.2, 0) is 10.3 Å². The fraction of sp³-hybridized carbons (Fsp3) is 0.692. The van der Waals surface area contributed by atoms with Crippen molar-refractivity contribution in [3.63, 3.8) is 0 Å². The molecule has 0 radical (unpaired) electrons. The summed E-state index contributed by atoms with van der Waals surface area (Å²) in [5.41, 5.74) is 6.04. The fourth-order valence-corrected chi connectivity index (χ4v) is 2.24. The number of hydrogen-bond acceptors (Lipinski definition) is 4. The number of nitrogens with two attached hydrogens (primary N) is 1. The molecule has 0 aliphatic heterocycles. The standard InChI is InChI=1S/C13H23N3O2/c1-5-18-12(17)11-7-15-9-16(11)13(4,8-14)6-10(2)3/h7,9-10H,5-6,8,14H2,1-4H3. The molecule has 1 aromatic heterocycles. The number of esters is 1. The van der Waals surface area contributed by atoms with E-state index >= 15 is 0 Å². The molecule has 2 N–H and O–H groups in total. The molecule has 0 bridgehead atoms. The van der Waals surface area contributed by atoms with Gasteiger partial charge in [-0.2, -0.15) is 0 Å². The Morgan fingerprint density at radius 1 is 1.61 bits per heavy atom. The molecule has 0 fully saturated rings. The lowest BCUT2D eigenvalue weighted by Crippen LogP contribution is -2.40. The van der Waals surface area contributed by atoms with Crippen molar-refractivity contribution in [1.29, 1.82) is 0 Å². The first kappa shape index (κ1) is 14.7. The Kier molecular flexibility index (Phi) is 4.90. The first-order valence-corrected chi connectivity index (χ1v) is 6.34. The van der Waals surface area contributed by atoms with Crippen molar-refractivity contribution in [3.8, 4) is 0 Å². The quantitative estimate of drug-likeness (QED) is 0.784. The Morgan fingerprint density at radius 3 is 2.78 bits per heavy atom. The van der Waals surface area contributed by atoms with Crippen LogP contribution in [0.5, 0.6) is 0 Å². The van der Waals surface area contributed by atoms with E-state index in [1.165, 1.54) is 6.20 Å². The van der Waals surface area contributed by atoms with Crippen molar-refractivity contribution in [1.82, 2.24) is 9.55 Å². The molecule has 0 aliphatic rings. The Hall–Kier alpha value is -1.36. The Bertz CT molecular complexity index is 401. The topological polar surface area (TPSA) is 70.1 Å². The van der Waals surface area contributed by atoms with Crippen molar-refractivity contribution in [2.24, 2.45) is 11.7 Å². The van der Waals surface area contributed by atoms with Gasteiger partial charge in [-0.05, 0) is 26.2 Å². The van der Waals surface area contributed by atoms with Gasteiger partial charge in [0.1, 0.15) is 5.69 Å². The minimum atomic E-state index is -0.349. The summed E-state index contributed by atoms with van der Waals surface area (Å²) < 4.78 is 6.87. The molecule has 5 heteroatoms. The molecule has 1 rings (SSSR count). The molecule has 1 unspecified atom stereocenters. The van der Waals surface area contributed by atoms with Crippen LogP contribution in [-0.4, -0.2) is 28.7 Å². The molecule has 102 valence electrons. The molecule has 0 aromatic carbocycles. The van der Waals surface area contributed by atoms with Crippen LogP contribution in [0.25, 0.3) is 0 Å². The van der Waals surface area contributed by atoms with E-state index in [1.807, 2.05) is 11.5 Å². The van der Waals surface area contributed by atoms with Crippen molar-refractivity contribution in [2.45, 2.75) is 39.7 Å². The molecule has 0 saturated carbocycles. The second-order valence-electron chi connectivity index (χ2n) is 5.17. The number of imidazole rings is 1. The number of carbonyl (C=O) groups is 1. The second kappa shape index (κ2) is 6.00. The first-order valence-electron chi connectivity index (χ1n) is 6.34. The molecule has 0 amide bonds. The van der Waals surface area contributed by atoms with E-state index in [9.17, 15) is 4.79 Å². The van der Waals surface area contributed by atoms with E-state index in [0.717, 1.165) is 6.42 Å². The fourth-order valence-electron chi connectivity index (χ4n) is 2.24. The molecule has 0 aliphatic carbocycles. The summed E-state index contributed by atoms with van der Waals surface area (Å²) in [6, 6.07) is 0. The Morgan fingerprint density at radius 2 is 2.28 bits per heavy atom. The van der Waals surface area contributed by atoms with Gasteiger partial charge in [0.25, 0.3) is 0 Å². The minimum Gasteiger partial charge on any atom is -0.461 e. The molecular formula is C13H23N3O2. The normalized spacial score (nSPS) is 14.6. The van der Waals surface area contributed by atoms with Crippen LogP contribution in [0.1, 0.15) is 44.6 Å².